The molecule has 1 fully saturated rings. The van der Waals surface area contributed by atoms with Gasteiger partial charge < -0.3 is 5.32 Å². The molecule has 1 atom stereocenters. The van der Waals surface area contributed by atoms with Crippen molar-refractivity contribution in [1.29, 1.82) is 0 Å². The van der Waals surface area contributed by atoms with E-state index in [9.17, 15) is 31.7 Å². The summed E-state index contributed by atoms with van der Waals surface area (Å²) in [6.45, 7) is 1.41. The molecule has 26 heavy (non-hydrogen) atoms. The third-order valence-electron chi connectivity index (χ3n) is 4.18. The maximum atomic E-state index is 13.3. The summed E-state index contributed by atoms with van der Waals surface area (Å²) in [4.78, 5) is 10.9. The topological polar surface area (TPSA) is 105 Å². The van der Waals surface area contributed by atoms with Gasteiger partial charge in [0.05, 0.1) is 9.82 Å². The summed E-state index contributed by atoms with van der Waals surface area (Å²) in [6.07, 6.45) is -4.61. The Bertz CT molecular complexity index is 764. The molecule has 12 heteroatoms. The fourth-order valence-corrected chi connectivity index (χ4v) is 4.10. The van der Waals surface area contributed by atoms with Crippen LogP contribution in [0.3, 0.4) is 0 Å². The first kappa shape index (κ1) is 20.6. The van der Waals surface area contributed by atoms with Crippen molar-refractivity contribution < 1.29 is 26.5 Å². The second-order valence-corrected chi connectivity index (χ2v) is 7.59. The smallest absolute Gasteiger partial charge is 0.314 e. The van der Waals surface area contributed by atoms with Crippen molar-refractivity contribution in [2.24, 2.45) is 0 Å². The lowest BCUT2D eigenvalue weighted by atomic mass is 10.2. The van der Waals surface area contributed by atoms with Crippen LogP contribution in [0.4, 0.5) is 18.9 Å². The summed E-state index contributed by atoms with van der Waals surface area (Å²) in [5, 5.41) is 13.9. The Morgan fingerprint density at radius 2 is 1.96 bits per heavy atom. The summed E-state index contributed by atoms with van der Waals surface area (Å²) < 4.78 is 66.8. The molecule has 0 spiro atoms. The monoisotopic (exact) mass is 396 g/mol. The average molecular weight is 396 g/mol. The van der Waals surface area contributed by atoms with Crippen LogP contribution in [0.25, 0.3) is 0 Å². The molecule has 1 aromatic carbocycles. The van der Waals surface area contributed by atoms with Crippen LogP contribution in [0.15, 0.2) is 23.1 Å². The van der Waals surface area contributed by atoms with Crippen molar-refractivity contribution in [1.82, 2.24) is 14.9 Å². The van der Waals surface area contributed by atoms with E-state index >= 15 is 0 Å². The number of sulfonamides is 1. The molecule has 1 heterocycles. The largest absolute Gasteiger partial charge is 0.405 e. The number of piperazine rings is 1. The lowest BCUT2D eigenvalue weighted by Gasteiger charge is -2.35. The summed E-state index contributed by atoms with van der Waals surface area (Å²) in [7, 11) is -4.34. The van der Waals surface area contributed by atoms with E-state index < -0.39 is 44.3 Å². The van der Waals surface area contributed by atoms with Gasteiger partial charge in [0, 0.05) is 44.4 Å². The van der Waals surface area contributed by atoms with Crippen molar-refractivity contribution in [3.8, 4) is 0 Å². The molecule has 0 radical (unpaired) electrons. The standard InChI is InChI=1S/C14H19F3N4O4S/c1-10-11(21(22)23)3-2-4-12(10)26(24,25)19-9-13(14(15,16)17)20-7-5-18-6-8-20/h2-4,13,18-19H,5-9H2,1H3. The van der Waals surface area contributed by atoms with Crippen LogP contribution < -0.4 is 10.0 Å². The van der Waals surface area contributed by atoms with E-state index in [0.29, 0.717) is 13.1 Å². The molecule has 2 rings (SSSR count). The van der Waals surface area contributed by atoms with Gasteiger partial charge in [-0.2, -0.15) is 13.2 Å². The summed E-state index contributed by atoms with van der Waals surface area (Å²) >= 11 is 0. The number of nitro groups is 1. The van der Waals surface area contributed by atoms with Gasteiger partial charge in [-0.05, 0) is 13.0 Å². The number of nitro benzene ring substituents is 1. The number of rotatable bonds is 6. The van der Waals surface area contributed by atoms with Gasteiger partial charge in [-0.3, -0.25) is 15.0 Å². The molecule has 0 bridgehead atoms. The van der Waals surface area contributed by atoms with E-state index in [1.165, 1.54) is 17.9 Å². The lowest BCUT2D eigenvalue weighted by molar-refractivity contribution is -0.385. The van der Waals surface area contributed by atoms with E-state index in [0.717, 1.165) is 12.1 Å². The minimum atomic E-state index is -4.61. The SMILES string of the molecule is Cc1c([N+](=O)[O-])cccc1S(=O)(=O)NCC(N1CCNCC1)C(F)(F)F. The molecule has 0 saturated carbocycles. The molecular formula is C14H19F3N4O4S. The molecule has 0 aromatic heterocycles. The highest BCUT2D eigenvalue weighted by atomic mass is 32.2. The molecule has 1 aromatic rings. The second-order valence-electron chi connectivity index (χ2n) is 5.85. The number of hydrogen-bond acceptors (Lipinski definition) is 6. The molecule has 146 valence electrons. The zero-order valence-electron chi connectivity index (χ0n) is 13.9. The van der Waals surface area contributed by atoms with Gasteiger partial charge in [-0.25, -0.2) is 13.1 Å². The Morgan fingerprint density at radius 1 is 1.35 bits per heavy atom. The van der Waals surface area contributed by atoms with Crippen LogP contribution in [0, 0.1) is 17.0 Å². The molecule has 1 saturated heterocycles. The van der Waals surface area contributed by atoms with Crippen LogP contribution in [0.1, 0.15) is 5.56 Å². The van der Waals surface area contributed by atoms with Crippen molar-refractivity contribution in [3.63, 3.8) is 0 Å². The highest BCUT2D eigenvalue weighted by Gasteiger charge is 2.44. The zero-order valence-corrected chi connectivity index (χ0v) is 14.7. The number of alkyl halides is 3. The first-order valence-corrected chi connectivity index (χ1v) is 9.27. The first-order chi connectivity index (χ1) is 12.0. The van der Waals surface area contributed by atoms with Crippen molar-refractivity contribution in [2.45, 2.75) is 24.0 Å². The molecule has 8 nitrogen and oxygen atoms in total. The third-order valence-corrected chi connectivity index (χ3v) is 5.75. The predicted octanol–water partition coefficient (Wildman–Crippen LogP) is 1.02. The fraction of sp³-hybridized carbons (Fsp3) is 0.571. The van der Waals surface area contributed by atoms with E-state index in [4.69, 9.17) is 0 Å². The Kier molecular flexibility index (Phi) is 6.21. The Morgan fingerprint density at radius 3 is 2.50 bits per heavy atom. The number of nitrogens with zero attached hydrogens (tertiary/aromatic N) is 2. The molecule has 2 N–H and O–H groups in total. The minimum absolute atomic E-state index is 0.129. The Balaban J connectivity index is 2.22. The molecule has 0 aliphatic carbocycles. The van der Waals surface area contributed by atoms with E-state index in [-0.39, 0.29) is 18.7 Å². The zero-order chi connectivity index (χ0) is 19.5. The number of nitrogens with one attached hydrogen (secondary N) is 2. The van der Waals surface area contributed by atoms with Gasteiger partial charge in [0.15, 0.2) is 0 Å². The average Bonchev–Trinajstić information content (AvgIpc) is 2.54. The predicted molar refractivity (Wildman–Crippen MR) is 87.3 cm³/mol. The van der Waals surface area contributed by atoms with Gasteiger partial charge in [-0.15, -0.1) is 0 Å². The van der Waals surface area contributed by atoms with Crippen molar-refractivity contribution in [2.75, 3.05) is 32.7 Å². The van der Waals surface area contributed by atoms with Gasteiger partial charge in [0.2, 0.25) is 10.0 Å². The van der Waals surface area contributed by atoms with E-state index in [1.54, 1.807) is 0 Å². The van der Waals surface area contributed by atoms with Crippen molar-refractivity contribution in [3.05, 3.63) is 33.9 Å². The number of benzene rings is 1. The van der Waals surface area contributed by atoms with Crippen LogP contribution in [-0.4, -0.2) is 63.2 Å². The maximum absolute atomic E-state index is 13.3. The fourth-order valence-electron chi connectivity index (χ4n) is 2.80. The van der Waals surface area contributed by atoms with Crippen LogP contribution in [0.2, 0.25) is 0 Å². The second kappa shape index (κ2) is 7.86. The number of halogens is 3. The van der Waals surface area contributed by atoms with Crippen LogP contribution in [-0.2, 0) is 10.0 Å². The lowest BCUT2D eigenvalue weighted by Crippen LogP contribution is -2.57. The van der Waals surface area contributed by atoms with Crippen molar-refractivity contribution >= 4 is 15.7 Å². The first-order valence-electron chi connectivity index (χ1n) is 7.79. The molecular weight excluding hydrogens is 377 g/mol. The van der Waals surface area contributed by atoms with Gasteiger partial charge in [0.1, 0.15) is 6.04 Å². The molecule has 0 amide bonds. The quantitative estimate of drug-likeness (QED) is 0.550. The van der Waals surface area contributed by atoms with Crippen LogP contribution >= 0.6 is 0 Å². The Hall–Kier alpha value is -1.76. The Labute approximate surface area is 148 Å². The van der Waals surface area contributed by atoms with Gasteiger partial charge in [0.25, 0.3) is 5.69 Å². The third kappa shape index (κ3) is 4.69. The molecule has 1 unspecified atom stereocenters. The normalized spacial score (nSPS) is 17.8. The summed E-state index contributed by atoms with van der Waals surface area (Å²) in [5.74, 6) is 0. The van der Waals surface area contributed by atoms with Gasteiger partial charge >= 0.3 is 6.18 Å². The number of hydrogen-bond donors (Lipinski definition) is 2. The minimum Gasteiger partial charge on any atom is -0.314 e. The van der Waals surface area contributed by atoms with Gasteiger partial charge in [-0.1, -0.05) is 6.07 Å². The van der Waals surface area contributed by atoms with E-state index in [1.807, 2.05) is 4.72 Å². The van der Waals surface area contributed by atoms with E-state index in [2.05, 4.69) is 5.32 Å². The summed E-state index contributed by atoms with van der Waals surface area (Å²) in [6, 6.07) is 1.46. The highest BCUT2D eigenvalue weighted by Crippen LogP contribution is 2.27. The van der Waals surface area contributed by atoms with Crippen LogP contribution in [0.5, 0.6) is 0 Å². The molecule has 1 aliphatic heterocycles. The highest BCUT2D eigenvalue weighted by molar-refractivity contribution is 7.89. The maximum Gasteiger partial charge on any atom is 0.405 e. The molecule has 1 aliphatic rings. The summed E-state index contributed by atoms with van der Waals surface area (Å²) in [5.41, 5.74) is -0.543.